The van der Waals surface area contributed by atoms with Gasteiger partial charge in [0, 0.05) is 5.56 Å². The molecule has 3 N–H and O–H groups in total. The fraction of sp³-hybridized carbons (Fsp3) is 0. The van der Waals surface area contributed by atoms with Gasteiger partial charge in [0.2, 0.25) is 5.13 Å². The molecule has 0 saturated carbocycles. The Morgan fingerprint density at radius 3 is 2.88 bits per heavy atom. The number of hydrogen-bond acceptors (Lipinski definition) is 6. The van der Waals surface area contributed by atoms with E-state index in [-0.39, 0.29) is 0 Å². The van der Waals surface area contributed by atoms with E-state index in [2.05, 4.69) is 14.6 Å². The SMILES string of the molecule is Nc1nnc(-c2cccc(/N=[SH](=O)\O)c2)s1. The molecule has 16 heavy (non-hydrogen) atoms. The molecule has 0 fully saturated rings. The molecule has 0 spiro atoms. The number of nitrogens with zero attached hydrogens (tertiary/aromatic N) is 3. The molecule has 1 aromatic heterocycles. The molecular formula is C8H8N4O2S2. The molecule has 0 aliphatic rings. The number of aromatic nitrogens is 2. The van der Waals surface area contributed by atoms with E-state index in [9.17, 15) is 4.21 Å². The summed E-state index contributed by atoms with van der Waals surface area (Å²) in [6.45, 7) is 0. The predicted molar refractivity (Wildman–Crippen MR) is 64.0 cm³/mol. The number of anilines is 1. The third kappa shape index (κ3) is 2.54. The fourth-order valence-corrected chi connectivity index (χ4v) is 2.08. The molecule has 0 aliphatic heterocycles. The van der Waals surface area contributed by atoms with E-state index >= 15 is 0 Å². The first-order valence-corrected chi connectivity index (χ1v) is 6.20. The van der Waals surface area contributed by atoms with Crippen LogP contribution in [0, 0.1) is 0 Å². The predicted octanol–water partition coefficient (Wildman–Crippen LogP) is 1.56. The van der Waals surface area contributed by atoms with Crippen LogP contribution in [0.5, 0.6) is 0 Å². The lowest BCUT2D eigenvalue weighted by atomic mass is 10.2. The van der Waals surface area contributed by atoms with Crippen molar-refractivity contribution in [1.29, 1.82) is 0 Å². The van der Waals surface area contributed by atoms with Gasteiger partial charge < -0.3 is 10.3 Å². The van der Waals surface area contributed by atoms with E-state index in [1.165, 1.54) is 11.3 Å². The van der Waals surface area contributed by atoms with Crippen LogP contribution in [0.3, 0.4) is 0 Å². The molecule has 0 aliphatic carbocycles. The van der Waals surface area contributed by atoms with Gasteiger partial charge in [0.15, 0.2) is 10.9 Å². The van der Waals surface area contributed by atoms with E-state index in [0.29, 0.717) is 15.8 Å². The third-order valence-corrected chi connectivity index (χ3v) is 2.94. The number of rotatable bonds is 2. The van der Waals surface area contributed by atoms with Crippen LogP contribution in [0.15, 0.2) is 28.6 Å². The summed E-state index contributed by atoms with van der Waals surface area (Å²) >= 11 is 1.25. The van der Waals surface area contributed by atoms with Crippen LogP contribution in [0.2, 0.25) is 0 Å². The molecule has 1 atom stereocenters. The molecule has 0 radical (unpaired) electrons. The lowest BCUT2D eigenvalue weighted by Crippen LogP contribution is -1.80. The monoisotopic (exact) mass is 256 g/mol. The molecule has 8 heteroatoms. The van der Waals surface area contributed by atoms with Gasteiger partial charge >= 0.3 is 0 Å². The molecule has 6 nitrogen and oxygen atoms in total. The van der Waals surface area contributed by atoms with Crippen molar-refractivity contribution in [3.63, 3.8) is 0 Å². The summed E-state index contributed by atoms with van der Waals surface area (Å²) in [6.07, 6.45) is 0. The van der Waals surface area contributed by atoms with Gasteiger partial charge in [-0.1, -0.05) is 23.5 Å². The number of hydrogen-bond donors (Lipinski definition) is 3. The molecule has 0 amide bonds. The van der Waals surface area contributed by atoms with Crippen LogP contribution in [0.1, 0.15) is 0 Å². The first-order chi connectivity index (χ1) is 7.65. The maximum atomic E-state index is 10.6. The van der Waals surface area contributed by atoms with Crippen LogP contribution < -0.4 is 5.73 Å². The number of benzene rings is 1. The second-order valence-electron chi connectivity index (χ2n) is 2.85. The van der Waals surface area contributed by atoms with Crippen LogP contribution >= 0.6 is 11.3 Å². The Kier molecular flexibility index (Phi) is 3.13. The Hall–Kier alpha value is -1.51. The molecule has 2 aromatic rings. The summed E-state index contributed by atoms with van der Waals surface area (Å²) in [7, 11) is -2.54. The van der Waals surface area contributed by atoms with E-state index in [0.717, 1.165) is 5.56 Å². The molecule has 1 unspecified atom stereocenters. The van der Waals surface area contributed by atoms with Crippen LogP contribution in [-0.2, 0) is 10.9 Å². The molecule has 0 saturated heterocycles. The highest BCUT2D eigenvalue weighted by Crippen LogP contribution is 2.27. The van der Waals surface area contributed by atoms with E-state index in [4.69, 9.17) is 10.3 Å². The topological polar surface area (TPSA) is 101 Å². The Morgan fingerprint density at radius 1 is 1.44 bits per heavy atom. The van der Waals surface area contributed by atoms with Crippen molar-refractivity contribution in [1.82, 2.24) is 10.2 Å². The highest BCUT2D eigenvalue weighted by atomic mass is 32.2. The Morgan fingerprint density at radius 2 is 2.25 bits per heavy atom. The average molecular weight is 256 g/mol. The quantitative estimate of drug-likeness (QED) is 0.708. The van der Waals surface area contributed by atoms with Crippen LogP contribution in [0.4, 0.5) is 10.8 Å². The Balaban J connectivity index is 2.43. The van der Waals surface area contributed by atoms with Gasteiger partial charge in [0.1, 0.15) is 5.01 Å². The molecule has 84 valence electrons. The van der Waals surface area contributed by atoms with Crippen molar-refractivity contribution in [2.45, 2.75) is 0 Å². The number of nitrogens with two attached hydrogens (primary N) is 1. The van der Waals surface area contributed by atoms with E-state index < -0.39 is 10.9 Å². The molecule has 1 heterocycles. The Bertz CT molecular complexity index is 589. The minimum Gasteiger partial charge on any atom is -0.374 e. The normalized spacial score (nSPS) is 12.8. The third-order valence-electron chi connectivity index (χ3n) is 1.73. The van der Waals surface area contributed by atoms with Crippen molar-refractivity contribution in [2.24, 2.45) is 4.36 Å². The summed E-state index contributed by atoms with van der Waals surface area (Å²) in [5.41, 5.74) is 6.67. The zero-order chi connectivity index (χ0) is 11.5. The standard InChI is InChI=1S/C8H8N4O2S2/c9-8-11-10-7(15-8)5-2-1-3-6(4-5)12-16(13)14/h1-4,16H,(H2,9,11)(H,12,13,14). The zero-order valence-electron chi connectivity index (χ0n) is 7.94. The van der Waals surface area contributed by atoms with Crippen molar-refractivity contribution in [3.05, 3.63) is 24.3 Å². The highest BCUT2D eigenvalue weighted by Gasteiger charge is 2.04. The summed E-state index contributed by atoms with van der Waals surface area (Å²) in [6, 6.07) is 6.83. The van der Waals surface area contributed by atoms with Gasteiger partial charge in [-0.15, -0.1) is 10.2 Å². The van der Waals surface area contributed by atoms with Gasteiger partial charge in [-0.25, -0.2) is 4.21 Å². The zero-order valence-corrected chi connectivity index (χ0v) is 9.65. The van der Waals surface area contributed by atoms with Crippen molar-refractivity contribution < 1.29 is 8.76 Å². The lowest BCUT2D eigenvalue weighted by Gasteiger charge is -1.96. The smallest absolute Gasteiger partial charge is 0.203 e. The van der Waals surface area contributed by atoms with Gasteiger partial charge in [0.05, 0.1) is 5.69 Å². The fourth-order valence-electron chi connectivity index (χ4n) is 1.15. The molecule has 2 rings (SSSR count). The summed E-state index contributed by atoms with van der Waals surface area (Å²) in [4.78, 5) is 0. The maximum Gasteiger partial charge on any atom is 0.203 e. The van der Waals surface area contributed by atoms with Gasteiger partial charge in [-0.05, 0) is 12.1 Å². The summed E-state index contributed by atoms with van der Waals surface area (Å²) in [5, 5.41) is 8.60. The first kappa shape index (κ1) is 11.0. The van der Waals surface area contributed by atoms with Crippen LogP contribution in [0.25, 0.3) is 10.6 Å². The van der Waals surface area contributed by atoms with Crippen molar-refractivity contribution in [2.75, 3.05) is 5.73 Å². The molecule has 0 bridgehead atoms. The van der Waals surface area contributed by atoms with Gasteiger partial charge in [0.25, 0.3) is 0 Å². The second-order valence-corrected chi connectivity index (χ2v) is 4.56. The number of nitrogen functional groups attached to an aromatic ring is 1. The molecular weight excluding hydrogens is 248 g/mol. The highest BCUT2D eigenvalue weighted by molar-refractivity contribution is 7.68. The maximum absolute atomic E-state index is 10.6. The number of thiol groups is 1. The van der Waals surface area contributed by atoms with Gasteiger partial charge in [-0.3, -0.25) is 0 Å². The van der Waals surface area contributed by atoms with Crippen LogP contribution in [-0.4, -0.2) is 19.0 Å². The van der Waals surface area contributed by atoms with Crippen molar-refractivity contribution >= 4 is 33.0 Å². The van der Waals surface area contributed by atoms with E-state index in [1.807, 2.05) is 6.07 Å². The molecule has 1 aromatic carbocycles. The second kappa shape index (κ2) is 4.56. The minimum absolute atomic E-state index is 0.380. The summed E-state index contributed by atoms with van der Waals surface area (Å²) in [5.74, 6) is 0. The minimum atomic E-state index is -2.54. The largest absolute Gasteiger partial charge is 0.374 e. The lowest BCUT2D eigenvalue weighted by molar-refractivity contribution is 0.575. The Labute approximate surface area is 97.2 Å². The van der Waals surface area contributed by atoms with E-state index in [1.54, 1.807) is 18.2 Å². The summed E-state index contributed by atoms with van der Waals surface area (Å²) < 4.78 is 22.8. The average Bonchev–Trinajstić information content (AvgIpc) is 2.64. The van der Waals surface area contributed by atoms with Crippen molar-refractivity contribution in [3.8, 4) is 10.6 Å². The van der Waals surface area contributed by atoms with Gasteiger partial charge in [-0.2, -0.15) is 4.36 Å². The first-order valence-electron chi connectivity index (χ1n) is 4.22.